The Labute approximate surface area is 93.7 Å². The van der Waals surface area contributed by atoms with E-state index in [0.717, 1.165) is 0 Å². The summed E-state index contributed by atoms with van der Waals surface area (Å²) in [6, 6.07) is 8.64. The topological polar surface area (TPSA) is 118 Å². The minimum atomic E-state index is -1.39. The van der Waals surface area contributed by atoms with Gasteiger partial charge in [-0.1, -0.05) is 37.3 Å². The Hall–Kier alpha value is -1.88. The second kappa shape index (κ2) is 5.27. The molecule has 6 N–H and O–H groups in total. The quantitative estimate of drug-likeness (QED) is 0.669. The van der Waals surface area contributed by atoms with Crippen LogP contribution in [0.15, 0.2) is 30.3 Å². The van der Waals surface area contributed by atoms with Crippen molar-refractivity contribution in [3.8, 4) is 0 Å². The van der Waals surface area contributed by atoms with E-state index in [-0.39, 0.29) is 11.9 Å². The minimum Gasteiger partial charge on any atom is -0.412 e. The average molecular weight is 224 g/mol. The first-order valence-electron chi connectivity index (χ1n) is 4.71. The summed E-state index contributed by atoms with van der Waals surface area (Å²) in [7, 11) is 0. The van der Waals surface area contributed by atoms with Crippen LogP contribution < -0.4 is 11.5 Å². The van der Waals surface area contributed by atoms with E-state index in [1.54, 1.807) is 37.3 Å². The van der Waals surface area contributed by atoms with E-state index in [1.165, 1.54) is 0 Å². The van der Waals surface area contributed by atoms with Crippen LogP contribution in [0.5, 0.6) is 0 Å². The largest absolute Gasteiger partial charge is 0.412 e. The molecule has 1 aromatic carbocycles. The lowest BCUT2D eigenvalue weighted by Gasteiger charge is -2.25. The van der Waals surface area contributed by atoms with Crippen molar-refractivity contribution >= 4 is 11.8 Å². The first kappa shape index (κ1) is 14.1. The minimum absolute atomic E-state index is 0. The lowest BCUT2D eigenvalue weighted by Crippen LogP contribution is -2.51. The molecule has 0 aliphatic rings. The average Bonchev–Trinajstić information content (AvgIpc) is 2.20. The fourth-order valence-corrected chi connectivity index (χ4v) is 1.68. The Kier molecular flexibility index (Phi) is 4.65. The second-order valence-corrected chi connectivity index (χ2v) is 3.35. The molecule has 0 aliphatic carbocycles. The van der Waals surface area contributed by atoms with Gasteiger partial charge in [-0.05, 0) is 12.0 Å². The SMILES string of the molecule is CCC(C(N)=O)(C(N)=O)c1ccccc1.O. The van der Waals surface area contributed by atoms with E-state index < -0.39 is 17.2 Å². The Morgan fingerprint density at radius 2 is 1.56 bits per heavy atom. The van der Waals surface area contributed by atoms with Gasteiger partial charge in [0.2, 0.25) is 11.8 Å². The maximum Gasteiger partial charge on any atom is 0.237 e. The Morgan fingerprint density at radius 3 is 1.88 bits per heavy atom. The van der Waals surface area contributed by atoms with Crippen molar-refractivity contribution in [3.05, 3.63) is 35.9 Å². The number of rotatable bonds is 4. The molecule has 0 radical (unpaired) electrons. The van der Waals surface area contributed by atoms with Crippen LogP contribution in [0.2, 0.25) is 0 Å². The highest BCUT2D eigenvalue weighted by Gasteiger charge is 2.42. The molecule has 0 aliphatic heterocycles. The number of carbonyl (C=O) groups excluding carboxylic acids is 2. The number of carbonyl (C=O) groups is 2. The monoisotopic (exact) mass is 224 g/mol. The van der Waals surface area contributed by atoms with Crippen molar-refractivity contribution < 1.29 is 15.1 Å². The van der Waals surface area contributed by atoms with Crippen molar-refractivity contribution in [2.45, 2.75) is 18.8 Å². The number of amides is 2. The van der Waals surface area contributed by atoms with Crippen molar-refractivity contribution in [2.24, 2.45) is 11.5 Å². The Morgan fingerprint density at radius 1 is 1.12 bits per heavy atom. The maximum atomic E-state index is 11.4. The van der Waals surface area contributed by atoms with E-state index in [9.17, 15) is 9.59 Å². The van der Waals surface area contributed by atoms with Crippen LogP contribution in [-0.2, 0) is 15.0 Å². The summed E-state index contributed by atoms with van der Waals surface area (Å²) in [5.74, 6) is -1.41. The lowest BCUT2D eigenvalue weighted by atomic mass is 9.77. The number of hydrogen-bond acceptors (Lipinski definition) is 2. The number of benzene rings is 1. The Balaban J connectivity index is 0.00000225. The molecule has 0 saturated heterocycles. The highest BCUT2D eigenvalue weighted by Crippen LogP contribution is 2.27. The molecule has 2 amide bonds. The van der Waals surface area contributed by atoms with E-state index in [1.807, 2.05) is 0 Å². The van der Waals surface area contributed by atoms with E-state index in [2.05, 4.69) is 0 Å². The highest BCUT2D eigenvalue weighted by atomic mass is 16.2. The summed E-state index contributed by atoms with van der Waals surface area (Å²) >= 11 is 0. The molecule has 0 fully saturated rings. The molecule has 1 rings (SSSR count). The van der Waals surface area contributed by atoms with Gasteiger partial charge in [0.15, 0.2) is 5.41 Å². The Bertz CT molecular complexity index is 362. The maximum absolute atomic E-state index is 11.4. The van der Waals surface area contributed by atoms with E-state index in [4.69, 9.17) is 11.5 Å². The molecule has 5 heteroatoms. The van der Waals surface area contributed by atoms with Crippen LogP contribution in [0.4, 0.5) is 0 Å². The van der Waals surface area contributed by atoms with Crippen molar-refractivity contribution in [1.82, 2.24) is 0 Å². The summed E-state index contributed by atoms with van der Waals surface area (Å²) in [6.45, 7) is 1.71. The third kappa shape index (κ3) is 2.04. The van der Waals surface area contributed by atoms with Gasteiger partial charge in [-0.2, -0.15) is 0 Å². The lowest BCUT2D eigenvalue weighted by molar-refractivity contribution is -0.134. The zero-order chi connectivity index (χ0) is 11.5. The van der Waals surface area contributed by atoms with Crippen molar-refractivity contribution in [2.75, 3.05) is 0 Å². The summed E-state index contributed by atoms with van der Waals surface area (Å²) in [5, 5.41) is 0. The van der Waals surface area contributed by atoms with Gasteiger partial charge in [-0.3, -0.25) is 9.59 Å². The van der Waals surface area contributed by atoms with Gasteiger partial charge in [0.05, 0.1) is 0 Å². The fraction of sp³-hybridized carbons (Fsp3) is 0.273. The summed E-state index contributed by atoms with van der Waals surface area (Å²) in [6.07, 6.45) is 0.266. The van der Waals surface area contributed by atoms with Crippen LogP contribution in [0.3, 0.4) is 0 Å². The molecule has 0 spiro atoms. The van der Waals surface area contributed by atoms with Crippen LogP contribution in [0.1, 0.15) is 18.9 Å². The predicted molar refractivity (Wildman–Crippen MR) is 60.4 cm³/mol. The highest BCUT2D eigenvalue weighted by molar-refractivity contribution is 6.09. The third-order valence-electron chi connectivity index (χ3n) is 2.64. The van der Waals surface area contributed by atoms with Gasteiger partial charge < -0.3 is 16.9 Å². The summed E-state index contributed by atoms with van der Waals surface area (Å²) in [5.41, 5.74) is 9.71. The summed E-state index contributed by atoms with van der Waals surface area (Å²) in [4.78, 5) is 22.8. The first-order valence-corrected chi connectivity index (χ1v) is 4.71. The van der Waals surface area contributed by atoms with E-state index in [0.29, 0.717) is 5.56 Å². The predicted octanol–water partition coefficient (Wildman–Crippen LogP) is -0.520. The standard InChI is InChI=1S/C11H14N2O2.H2O/c1-2-11(9(12)14,10(13)15)8-6-4-3-5-7-8;/h3-7H,2H2,1H3,(H2,12,14)(H2,13,15);1H2. The van der Waals surface area contributed by atoms with Crippen LogP contribution in [0, 0.1) is 0 Å². The van der Waals surface area contributed by atoms with Gasteiger partial charge in [0, 0.05) is 0 Å². The molecule has 0 bridgehead atoms. The molecule has 1 aromatic rings. The third-order valence-corrected chi connectivity index (χ3v) is 2.64. The first-order chi connectivity index (χ1) is 7.05. The molecule has 0 aromatic heterocycles. The number of primary amides is 2. The molecule has 0 unspecified atom stereocenters. The summed E-state index contributed by atoms with van der Waals surface area (Å²) < 4.78 is 0. The molecular formula is C11H16N2O3. The number of nitrogens with two attached hydrogens (primary N) is 2. The molecule has 88 valence electrons. The van der Waals surface area contributed by atoms with Gasteiger partial charge in [0.25, 0.3) is 0 Å². The molecule has 0 heterocycles. The molecular weight excluding hydrogens is 208 g/mol. The van der Waals surface area contributed by atoms with Gasteiger partial charge in [-0.15, -0.1) is 0 Å². The second-order valence-electron chi connectivity index (χ2n) is 3.35. The molecule has 0 atom stereocenters. The van der Waals surface area contributed by atoms with Crippen LogP contribution >= 0.6 is 0 Å². The number of hydrogen-bond donors (Lipinski definition) is 2. The van der Waals surface area contributed by atoms with Crippen molar-refractivity contribution in [1.29, 1.82) is 0 Å². The van der Waals surface area contributed by atoms with Crippen LogP contribution in [-0.4, -0.2) is 17.3 Å². The van der Waals surface area contributed by atoms with Crippen molar-refractivity contribution in [3.63, 3.8) is 0 Å². The molecule has 16 heavy (non-hydrogen) atoms. The normalized spacial score (nSPS) is 10.3. The van der Waals surface area contributed by atoms with E-state index >= 15 is 0 Å². The molecule has 0 saturated carbocycles. The van der Waals surface area contributed by atoms with Gasteiger partial charge in [0.1, 0.15) is 0 Å². The fourth-order valence-electron chi connectivity index (χ4n) is 1.68. The van der Waals surface area contributed by atoms with Crippen LogP contribution in [0.25, 0.3) is 0 Å². The smallest absolute Gasteiger partial charge is 0.237 e. The van der Waals surface area contributed by atoms with Gasteiger partial charge >= 0.3 is 0 Å². The zero-order valence-electron chi connectivity index (χ0n) is 9.07. The van der Waals surface area contributed by atoms with Gasteiger partial charge in [-0.25, -0.2) is 0 Å². The molecule has 5 nitrogen and oxygen atoms in total. The zero-order valence-corrected chi connectivity index (χ0v) is 9.07.